The zero-order valence-corrected chi connectivity index (χ0v) is 13.5. The first-order valence-corrected chi connectivity index (χ1v) is 7.70. The van der Waals surface area contributed by atoms with Gasteiger partial charge in [0.25, 0.3) is 0 Å². The van der Waals surface area contributed by atoms with Crippen molar-refractivity contribution in [2.24, 2.45) is 0 Å². The molecule has 0 aliphatic heterocycles. The SMILES string of the molecule is CC(C)n1c(COc2cccc(Cl)c2)cc2cccc(N)c21. The van der Waals surface area contributed by atoms with Gasteiger partial charge in [-0.3, -0.25) is 0 Å². The number of nitrogen functional groups attached to an aromatic ring is 1. The summed E-state index contributed by atoms with van der Waals surface area (Å²) in [6.07, 6.45) is 0. The molecule has 0 fully saturated rings. The van der Waals surface area contributed by atoms with E-state index in [0.29, 0.717) is 17.7 Å². The number of para-hydroxylation sites is 1. The molecule has 3 nitrogen and oxygen atoms in total. The number of halogens is 1. The van der Waals surface area contributed by atoms with Crippen molar-refractivity contribution < 1.29 is 4.74 Å². The van der Waals surface area contributed by atoms with Gasteiger partial charge in [0.15, 0.2) is 0 Å². The zero-order chi connectivity index (χ0) is 15.7. The van der Waals surface area contributed by atoms with Crippen LogP contribution >= 0.6 is 11.6 Å². The minimum Gasteiger partial charge on any atom is -0.487 e. The molecule has 0 unspecified atom stereocenters. The molecule has 0 spiro atoms. The van der Waals surface area contributed by atoms with E-state index in [0.717, 1.165) is 28.0 Å². The first-order chi connectivity index (χ1) is 10.6. The van der Waals surface area contributed by atoms with Crippen molar-refractivity contribution in [1.82, 2.24) is 4.57 Å². The summed E-state index contributed by atoms with van der Waals surface area (Å²) in [5, 5.41) is 1.81. The highest BCUT2D eigenvalue weighted by Gasteiger charge is 2.14. The Kier molecular flexibility index (Phi) is 3.99. The maximum Gasteiger partial charge on any atom is 0.128 e. The van der Waals surface area contributed by atoms with Crippen molar-refractivity contribution in [3.63, 3.8) is 0 Å². The third-order valence-electron chi connectivity index (χ3n) is 3.67. The fourth-order valence-electron chi connectivity index (χ4n) is 2.78. The second-order valence-corrected chi connectivity index (χ2v) is 6.07. The fourth-order valence-corrected chi connectivity index (χ4v) is 2.96. The molecule has 0 amide bonds. The van der Waals surface area contributed by atoms with E-state index in [1.54, 1.807) is 0 Å². The highest BCUT2D eigenvalue weighted by molar-refractivity contribution is 6.30. The Hall–Kier alpha value is -2.13. The van der Waals surface area contributed by atoms with Crippen LogP contribution in [0.1, 0.15) is 25.6 Å². The van der Waals surface area contributed by atoms with Crippen molar-refractivity contribution in [3.8, 4) is 5.75 Å². The van der Waals surface area contributed by atoms with Gasteiger partial charge in [-0.25, -0.2) is 0 Å². The van der Waals surface area contributed by atoms with Gasteiger partial charge in [-0.15, -0.1) is 0 Å². The summed E-state index contributed by atoms with van der Waals surface area (Å²) in [6, 6.07) is 15.9. The Morgan fingerprint density at radius 3 is 2.64 bits per heavy atom. The van der Waals surface area contributed by atoms with Crippen LogP contribution in [0, 0.1) is 0 Å². The van der Waals surface area contributed by atoms with Crippen LogP contribution in [-0.4, -0.2) is 4.57 Å². The lowest BCUT2D eigenvalue weighted by Gasteiger charge is -2.16. The van der Waals surface area contributed by atoms with Crippen molar-refractivity contribution in [3.05, 3.63) is 59.2 Å². The lowest BCUT2D eigenvalue weighted by molar-refractivity contribution is 0.293. The van der Waals surface area contributed by atoms with Gasteiger partial charge in [-0.1, -0.05) is 29.8 Å². The third-order valence-corrected chi connectivity index (χ3v) is 3.91. The number of nitrogens with zero attached hydrogens (tertiary/aromatic N) is 1. The molecule has 3 aromatic rings. The molecule has 0 saturated carbocycles. The predicted molar refractivity (Wildman–Crippen MR) is 92.5 cm³/mol. The first kappa shape index (κ1) is 14.8. The molecule has 1 heterocycles. The molecule has 3 rings (SSSR count). The Balaban J connectivity index is 1.96. The molecule has 0 radical (unpaired) electrons. The molecule has 2 N–H and O–H groups in total. The van der Waals surface area contributed by atoms with Crippen LogP contribution in [0.4, 0.5) is 5.69 Å². The highest BCUT2D eigenvalue weighted by Crippen LogP contribution is 2.29. The number of rotatable bonds is 4. The lowest BCUT2D eigenvalue weighted by atomic mass is 10.2. The van der Waals surface area contributed by atoms with Crippen molar-refractivity contribution in [2.45, 2.75) is 26.5 Å². The number of nitrogens with two attached hydrogens (primary N) is 1. The van der Waals surface area contributed by atoms with Gasteiger partial charge in [0.1, 0.15) is 12.4 Å². The number of hydrogen-bond acceptors (Lipinski definition) is 2. The van der Waals surface area contributed by atoms with Crippen LogP contribution in [0.15, 0.2) is 48.5 Å². The van der Waals surface area contributed by atoms with Gasteiger partial charge in [0, 0.05) is 16.5 Å². The molecule has 114 valence electrons. The molecule has 1 aromatic heterocycles. The van der Waals surface area contributed by atoms with Gasteiger partial charge in [-0.2, -0.15) is 0 Å². The van der Waals surface area contributed by atoms with Gasteiger partial charge in [0.2, 0.25) is 0 Å². The molecule has 0 aliphatic rings. The summed E-state index contributed by atoms with van der Waals surface area (Å²) < 4.78 is 8.12. The summed E-state index contributed by atoms with van der Waals surface area (Å²) in [5.74, 6) is 0.765. The van der Waals surface area contributed by atoms with Crippen molar-refractivity contribution in [1.29, 1.82) is 0 Å². The lowest BCUT2D eigenvalue weighted by Crippen LogP contribution is -2.09. The minimum atomic E-state index is 0.306. The second-order valence-electron chi connectivity index (χ2n) is 5.63. The number of fused-ring (bicyclic) bond motifs is 1. The fraction of sp³-hybridized carbons (Fsp3) is 0.222. The molecular formula is C18H19ClN2O. The Morgan fingerprint density at radius 1 is 1.14 bits per heavy atom. The summed E-state index contributed by atoms with van der Waals surface area (Å²) in [7, 11) is 0. The molecule has 2 aromatic carbocycles. The quantitative estimate of drug-likeness (QED) is 0.685. The number of anilines is 1. The third kappa shape index (κ3) is 2.77. The molecule has 22 heavy (non-hydrogen) atoms. The molecule has 4 heteroatoms. The van der Waals surface area contributed by atoms with Gasteiger partial charge in [0.05, 0.1) is 16.9 Å². The van der Waals surface area contributed by atoms with Crippen LogP contribution < -0.4 is 10.5 Å². The zero-order valence-electron chi connectivity index (χ0n) is 12.7. The van der Waals surface area contributed by atoms with Crippen LogP contribution in [0.3, 0.4) is 0 Å². The monoisotopic (exact) mass is 314 g/mol. The predicted octanol–water partition coefficient (Wildman–Crippen LogP) is 5.04. The molecule has 0 saturated heterocycles. The van der Waals surface area contributed by atoms with Gasteiger partial charge in [-0.05, 0) is 44.2 Å². The molecule has 0 atom stereocenters. The average molecular weight is 315 g/mol. The molecule has 0 aliphatic carbocycles. The Morgan fingerprint density at radius 2 is 1.91 bits per heavy atom. The standard InChI is InChI=1S/C18H19ClN2O/c1-12(2)21-15(9-13-5-3-8-17(20)18(13)21)11-22-16-7-4-6-14(19)10-16/h3-10,12H,11,20H2,1-2H3. The average Bonchev–Trinajstić information content (AvgIpc) is 2.85. The first-order valence-electron chi connectivity index (χ1n) is 7.33. The Labute approximate surface area is 135 Å². The van der Waals surface area contributed by atoms with Crippen LogP contribution in [0.5, 0.6) is 5.75 Å². The van der Waals surface area contributed by atoms with E-state index in [1.807, 2.05) is 36.4 Å². The van der Waals surface area contributed by atoms with Crippen molar-refractivity contribution in [2.75, 3.05) is 5.73 Å². The van der Waals surface area contributed by atoms with E-state index in [2.05, 4.69) is 30.5 Å². The summed E-state index contributed by atoms with van der Waals surface area (Å²) in [5.41, 5.74) is 9.12. The topological polar surface area (TPSA) is 40.2 Å². The number of hydrogen-bond donors (Lipinski definition) is 1. The molecule has 0 bridgehead atoms. The van der Waals surface area contributed by atoms with E-state index in [9.17, 15) is 0 Å². The van der Waals surface area contributed by atoms with Gasteiger partial charge >= 0.3 is 0 Å². The number of benzene rings is 2. The Bertz CT molecular complexity index is 808. The minimum absolute atomic E-state index is 0.306. The maximum absolute atomic E-state index is 6.16. The summed E-state index contributed by atoms with van der Waals surface area (Å²) >= 11 is 5.99. The van der Waals surface area contributed by atoms with Crippen LogP contribution in [0.25, 0.3) is 10.9 Å². The van der Waals surface area contributed by atoms with E-state index in [4.69, 9.17) is 22.1 Å². The number of aromatic nitrogens is 1. The van der Waals surface area contributed by atoms with E-state index in [1.165, 1.54) is 0 Å². The highest BCUT2D eigenvalue weighted by atomic mass is 35.5. The summed E-state index contributed by atoms with van der Waals surface area (Å²) in [6.45, 7) is 4.77. The van der Waals surface area contributed by atoms with Crippen LogP contribution in [-0.2, 0) is 6.61 Å². The van der Waals surface area contributed by atoms with Gasteiger partial charge < -0.3 is 15.0 Å². The van der Waals surface area contributed by atoms with E-state index >= 15 is 0 Å². The normalized spacial score (nSPS) is 11.3. The summed E-state index contributed by atoms with van der Waals surface area (Å²) in [4.78, 5) is 0. The van der Waals surface area contributed by atoms with Crippen molar-refractivity contribution >= 4 is 28.2 Å². The van der Waals surface area contributed by atoms with E-state index in [-0.39, 0.29) is 0 Å². The molecular weight excluding hydrogens is 296 g/mol. The smallest absolute Gasteiger partial charge is 0.128 e. The second kappa shape index (κ2) is 5.93. The maximum atomic E-state index is 6.16. The van der Waals surface area contributed by atoms with E-state index < -0.39 is 0 Å². The number of ether oxygens (including phenoxy) is 1. The van der Waals surface area contributed by atoms with Crippen LogP contribution in [0.2, 0.25) is 5.02 Å². The largest absolute Gasteiger partial charge is 0.487 e.